The molecule has 5 rings (SSSR count). The van der Waals surface area contributed by atoms with Crippen molar-refractivity contribution in [1.29, 1.82) is 0 Å². The molecule has 1 atom stereocenters. The number of fused-ring (bicyclic) bond motifs is 3. The fourth-order valence-electron chi connectivity index (χ4n) is 3.64. The van der Waals surface area contributed by atoms with Crippen molar-refractivity contribution in [3.8, 4) is 5.06 Å². The lowest BCUT2D eigenvalue weighted by atomic mass is 9.84. The van der Waals surface area contributed by atoms with Gasteiger partial charge in [-0.05, 0) is 68.2 Å². The number of nitrogens with zero attached hydrogens (tertiary/aromatic N) is 1. The molecule has 25 heavy (non-hydrogen) atoms. The first-order valence-electron chi connectivity index (χ1n) is 8.66. The van der Waals surface area contributed by atoms with Crippen LogP contribution in [0.3, 0.4) is 0 Å². The fraction of sp³-hybridized carbons (Fsp3) is 0.421. The van der Waals surface area contributed by atoms with Gasteiger partial charge in [0.05, 0.1) is 11.3 Å². The van der Waals surface area contributed by atoms with Crippen LogP contribution in [0.2, 0.25) is 0 Å². The second-order valence-corrected chi connectivity index (χ2v) is 9.04. The normalized spacial score (nSPS) is 24.9. The van der Waals surface area contributed by atoms with Gasteiger partial charge >= 0.3 is 0 Å². The molecule has 1 aromatic heterocycles. The van der Waals surface area contributed by atoms with Crippen LogP contribution in [0, 0.1) is 5.92 Å². The van der Waals surface area contributed by atoms with Gasteiger partial charge in [-0.25, -0.2) is 0 Å². The van der Waals surface area contributed by atoms with Crippen LogP contribution in [0.25, 0.3) is 0 Å². The Kier molecular flexibility index (Phi) is 5.01. The molecule has 3 saturated heterocycles. The second kappa shape index (κ2) is 7.40. The van der Waals surface area contributed by atoms with E-state index < -0.39 is 0 Å². The largest absolute Gasteiger partial charge is 0.487 e. The Morgan fingerprint density at radius 1 is 1.20 bits per heavy atom. The molecule has 0 radical (unpaired) electrons. The highest BCUT2D eigenvalue weighted by molar-refractivity contribution is 8.01. The molecule has 2 aromatic rings. The summed E-state index contributed by atoms with van der Waals surface area (Å²) < 4.78 is 6.41. The average molecular weight is 375 g/mol. The Bertz CT molecular complexity index is 736. The zero-order valence-electron chi connectivity index (χ0n) is 14.2. The van der Waals surface area contributed by atoms with E-state index in [2.05, 4.69) is 16.3 Å². The standard InChI is InChI=1S/C19H22N2O2S2/c1-23-17-6-7-18(25-17)24-15-4-2-14(3-5-15)19(22)20-16-12-21-10-8-13(16)9-11-21/h2-7,13,16H,8-12H2,1H3,(H,20,22). The van der Waals surface area contributed by atoms with Crippen molar-refractivity contribution in [2.24, 2.45) is 5.92 Å². The van der Waals surface area contributed by atoms with Gasteiger partial charge in [0.1, 0.15) is 0 Å². The summed E-state index contributed by atoms with van der Waals surface area (Å²) in [6.07, 6.45) is 2.43. The van der Waals surface area contributed by atoms with Crippen LogP contribution in [-0.4, -0.2) is 43.6 Å². The highest BCUT2D eigenvalue weighted by Crippen LogP contribution is 2.36. The molecule has 1 N–H and O–H groups in total. The Labute approximate surface area is 156 Å². The van der Waals surface area contributed by atoms with Crippen molar-refractivity contribution in [2.45, 2.75) is 28.0 Å². The lowest BCUT2D eigenvalue weighted by Crippen LogP contribution is -2.57. The Balaban J connectivity index is 1.37. The van der Waals surface area contributed by atoms with Crippen LogP contribution in [-0.2, 0) is 0 Å². The zero-order valence-corrected chi connectivity index (χ0v) is 15.9. The zero-order chi connectivity index (χ0) is 17.2. The summed E-state index contributed by atoms with van der Waals surface area (Å²) >= 11 is 3.31. The third-order valence-corrected chi connectivity index (χ3v) is 7.25. The molecule has 0 spiro atoms. The summed E-state index contributed by atoms with van der Waals surface area (Å²) in [5, 5.41) is 4.16. The third-order valence-electron chi connectivity index (χ3n) is 5.07. The number of ether oxygens (including phenoxy) is 1. The first-order chi connectivity index (χ1) is 12.2. The summed E-state index contributed by atoms with van der Waals surface area (Å²) in [5.74, 6) is 0.700. The van der Waals surface area contributed by atoms with Gasteiger partial charge in [-0.3, -0.25) is 4.79 Å². The number of hydrogen-bond acceptors (Lipinski definition) is 5. The molecule has 3 aliphatic rings. The molecule has 3 fully saturated rings. The monoisotopic (exact) mass is 374 g/mol. The summed E-state index contributed by atoms with van der Waals surface area (Å²) in [7, 11) is 1.68. The predicted molar refractivity (Wildman–Crippen MR) is 102 cm³/mol. The highest BCUT2D eigenvalue weighted by atomic mass is 32.2. The van der Waals surface area contributed by atoms with Gasteiger partial charge in [0.2, 0.25) is 0 Å². The lowest BCUT2D eigenvalue weighted by molar-refractivity contribution is 0.0620. The minimum Gasteiger partial charge on any atom is -0.487 e. The van der Waals surface area contributed by atoms with E-state index in [0.717, 1.165) is 22.1 Å². The number of nitrogens with one attached hydrogen (secondary N) is 1. The van der Waals surface area contributed by atoms with Gasteiger partial charge in [0.25, 0.3) is 5.91 Å². The van der Waals surface area contributed by atoms with Crippen LogP contribution >= 0.6 is 23.1 Å². The van der Waals surface area contributed by atoms with E-state index >= 15 is 0 Å². The van der Waals surface area contributed by atoms with Crippen molar-refractivity contribution in [3.05, 3.63) is 42.0 Å². The van der Waals surface area contributed by atoms with E-state index in [9.17, 15) is 4.79 Å². The van der Waals surface area contributed by atoms with Crippen molar-refractivity contribution in [1.82, 2.24) is 10.2 Å². The van der Waals surface area contributed by atoms with Crippen LogP contribution in [0.1, 0.15) is 23.2 Å². The fourth-order valence-corrected chi connectivity index (χ4v) is 5.53. The predicted octanol–water partition coefficient (Wildman–Crippen LogP) is 3.73. The van der Waals surface area contributed by atoms with Crippen molar-refractivity contribution >= 4 is 29.0 Å². The molecule has 4 heterocycles. The molecule has 3 aliphatic heterocycles. The molecule has 4 nitrogen and oxygen atoms in total. The smallest absolute Gasteiger partial charge is 0.251 e. The number of hydrogen-bond donors (Lipinski definition) is 1. The van der Waals surface area contributed by atoms with Gasteiger partial charge in [0, 0.05) is 23.0 Å². The topological polar surface area (TPSA) is 41.6 Å². The molecule has 6 heteroatoms. The van der Waals surface area contributed by atoms with Crippen LogP contribution < -0.4 is 10.1 Å². The Hall–Kier alpha value is -1.50. The first-order valence-corrected chi connectivity index (χ1v) is 10.3. The van der Waals surface area contributed by atoms with E-state index in [4.69, 9.17) is 4.74 Å². The van der Waals surface area contributed by atoms with Crippen LogP contribution in [0.5, 0.6) is 5.06 Å². The maximum absolute atomic E-state index is 12.6. The summed E-state index contributed by atoms with van der Waals surface area (Å²) in [6, 6.07) is 12.2. The Morgan fingerprint density at radius 3 is 2.56 bits per heavy atom. The van der Waals surface area contributed by atoms with Crippen molar-refractivity contribution in [3.63, 3.8) is 0 Å². The van der Waals surface area contributed by atoms with Gasteiger partial charge in [-0.2, -0.15) is 0 Å². The summed E-state index contributed by atoms with van der Waals surface area (Å²) in [5.41, 5.74) is 0.740. The number of methoxy groups -OCH3 is 1. The van der Waals surface area contributed by atoms with E-state index in [0.29, 0.717) is 12.0 Å². The molecule has 1 unspecified atom stereocenters. The van der Waals surface area contributed by atoms with Gasteiger partial charge in [0.15, 0.2) is 5.06 Å². The minimum absolute atomic E-state index is 0.0492. The quantitative estimate of drug-likeness (QED) is 0.866. The number of carbonyl (C=O) groups is 1. The third kappa shape index (κ3) is 3.86. The molecule has 2 bridgehead atoms. The van der Waals surface area contributed by atoms with Crippen molar-refractivity contribution in [2.75, 3.05) is 26.7 Å². The number of thiophene rings is 1. The van der Waals surface area contributed by atoms with E-state index in [-0.39, 0.29) is 5.91 Å². The average Bonchev–Trinajstić information content (AvgIpc) is 3.11. The van der Waals surface area contributed by atoms with E-state index in [1.54, 1.807) is 30.2 Å². The second-order valence-electron chi connectivity index (χ2n) is 6.62. The van der Waals surface area contributed by atoms with Gasteiger partial charge < -0.3 is 15.0 Å². The maximum Gasteiger partial charge on any atom is 0.251 e. The summed E-state index contributed by atoms with van der Waals surface area (Å²) in [6.45, 7) is 3.39. The number of amides is 1. The van der Waals surface area contributed by atoms with Gasteiger partial charge in [-0.1, -0.05) is 23.1 Å². The SMILES string of the molecule is COc1ccc(Sc2ccc(C(=O)NC3CN4CCC3CC4)cc2)s1. The van der Waals surface area contributed by atoms with Gasteiger partial charge in [-0.15, -0.1) is 0 Å². The number of benzene rings is 1. The van der Waals surface area contributed by atoms with E-state index in [1.165, 1.54) is 30.1 Å². The molecular formula is C19H22N2O2S2. The Morgan fingerprint density at radius 2 is 1.96 bits per heavy atom. The van der Waals surface area contributed by atoms with Crippen LogP contribution in [0.4, 0.5) is 0 Å². The minimum atomic E-state index is 0.0492. The van der Waals surface area contributed by atoms with E-state index in [1.807, 2.05) is 30.3 Å². The first kappa shape index (κ1) is 16.9. The number of carbonyl (C=O) groups excluding carboxylic acids is 1. The molecule has 1 amide bonds. The molecule has 132 valence electrons. The van der Waals surface area contributed by atoms with Crippen molar-refractivity contribution < 1.29 is 9.53 Å². The molecule has 0 saturated carbocycles. The summed E-state index contributed by atoms with van der Waals surface area (Å²) in [4.78, 5) is 16.1. The van der Waals surface area contributed by atoms with Crippen LogP contribution in [0.15, 0.2) is 45.5 Å². The number of piperidine rings is 3. The molecule has 1 aromatic carbocycles. The maximum atomic E-state index is 12.6. The number of rotatable bonds is 5. The highest BCUT2D eigenvalue weighted by Gasteiger charge is 2.34. The molecular weight excluding hydrogens is 352 g/mol. The molecule has 0 aliphatic carbocycles. The lowest BCUT2D eigenvalue weighted by Gasteiger charge is -2.44.